The van der Waals surface area contributed by atoms with Crippen LogP contribution in [0.2, 0.25) is 0 Å². The van der Waals surface area contributed by atoms with Crippen molar-refractivity contribution in [1.82, 2.24) is 5.32 Å². The van der Waals surface area contributed by atoms with E-state index in [4.69, 9.17) is 0 Å². The zero-order chi connectivity index (χ0) is 14.0. The lowest BCUT2D eigenvalue weighted by molar-refractivity contribution is 0.348. The Kier molecular flexibility index (Phi) is 9.39. The minimum atomic E-state index is 0.383. The van der Waals surface area contributed by atoms with Crippen molar-refractivity contribution in [2.45, 2.75) is 47.0 Å². The molecule has 0 amide bonds. The summed E-state index contributed by atoms with van der Waals surface area (Å²) in [6.07, 6.45) is 1.17. The first-order chi connectivity index (χ1) is 8.77. The molecule has 104 valence electrons. The van der Waals surface area contributed by atoms with Crippen LogP contribution in [-0.2, 0) is 0 Å². The monoisotopic (exact) mass is 251 g/mol. The zero-order valence-corrected chi connectivity index (χ0v) is 12.5. The van der Waals surface area contributed by atoms with Gasteiger partial charge in [0.05, 0.1) is 0 Å². The molecule has 1 saturated heterocycles. The van der Waals surface area contributed by atoms with Gasteiger partial charge in [-0.3, -0.25) is 0 Å². The number of phenolic OH excluding ortho intramolecular Hbond substituents is 1. The molecule has 1 heterocycles. The molecule has 1 aromatic carbocycles. The van der Waals surface area contributed by atoms with E-state index < -0.39 is 0 Å². The smallest absolute Gasteiger partial charge is 0.115 e. The molecule has 0 bridgehead atoms. The third-order valence-corrected chi connectivity index (χ3v) is 3.08. The Morgan fingerprint density at radius 2 is 1.83 bits per heavy atom. The SMILES string of the molecule is CC.CC.CC1CNCCC1c1cccc(O)c1. The summed E-state index contributed by atoms with van der Waals surface area (Å²) in [5.41, 5.74) is 1.28. The van der Waals surface area contributed by atoms with Crippen LogP contribution >= 0.6 is 0 Å². The lowest BCUT2D eigenvalue weighted by Crippen LogP contribution is -2.33. The maximum atomic E-state index is 9.41. The largest absolute Gasteiger partial charge is 0.508 e. The summed E-state index contributed by atoms with van der Waals surface area (Å²) < 4.78 is 0. The topological polar surface area (TPSA) is 32.3 Å². The fraction of sp³-hybridized carbons (Fsp3) is 0.625. The van der Waals surface area contributed by atoms with E-state index in [1.165, 1.54) is 12.0 Å². The van der Waals surface area contributed by atoms with Gasteiger partial charge in [-0.15, -0.1) is 0 Å². The average Bonchev–Trinajstić information content (AvgIpc) is 2.44. The third-order valence-electron chi connectivity index (χ3n) is 3.08. The molecule has 2 unspecified atom stereocenters. The van der Waals surface area contributed by atoms with Crippen LogP contribution in [0.1, 0.15) is 52.5 Å². The Bertz CT molecular complexity index is 312. The summed E-state index contributed by atoms with van der Waals surface area (Å²) in [5.74, 6) is 1.64. The maximum absolute atomic E-state index is 9.41. The Morgan fingerprint density at radius 3 is 2.39 bits per heavy atom. The molecule has 0 aromatic heterocycles. The Morgan fingerprint density at radius 1 is 1.17 bits per heavy atom. The van der Waals surface area contributed by atoms with Gasteiger partial charge in [0.25, 0.3) is 0 Å². The molecular formula is C16H29NO. The molecule has 2 nitrogen and oxygen atoms in total. The van der Waals surface area contributed by atoms with E-state index in [1.807, 2.05) is 39.8 Å². The first-order valence-corrected chi connectivity index (χ1v) is 7.27. The zero-order valence-electron chi connectivity index (χ0n) is 12.5. The van der Waals surface area contributed by atoms with Crippen molar-refractivity contribution in [3.8, 4) is 5.75 Å². The molecule has 2 heteroatoms. The van der Waals surface area contributed by atoms with Crippen LogP contribution in [0.25, 0.3) is 0 Å². The first-order valence-electron chi connectivity index (χ1n) is 7.27. The van der Waals surface area contributed by atoms with E-state index in [0.29, 0.717) is 17.6 Å². The number of hydrogen-bond acceptors (Lipinski definition) is 2. The van der Waals surface area contributed by atoms with Crippen LogP contribution in [0.5, 0.6) is 5.75 Å². The molecule has 0 aliphatic carbocycles. The first kappa shape index (κ1) is 17.0. The number of piperidine rings is 1. The maximum Gasteiger partial charge on any atom is 0.115 e. The van der Waals surface area contributed by atoms with Gasteiger partial charge in [0.2, 0.25) is 0 Å². The van der Waals surface area contributed by atoms with Gasteiger partial charge in [-0.1, -0.05) is 46.8 Å². The van der Waals surface area contributed by atoms with Crippen molar-refractivity contribution in [2.24, 2.45) is 5.92 Å². The van der Waals surface area contributed by atoms with Gasteiger partial charge in [0.1, 0.15) is 5.75 Å². The molecule has 1 fully saturated rings. The molecule has 2 N–H and O–H groups in total. The van der Waals surface area contributed by atoms with Crippen molar-refractivity contribution < 1.29 is 5.11 Å². The normalized spacial score (nSPS) is 22.1. The number of hydrogen-bond donors (Lipinski definition) is 2. The summed E-state index contributed by atoms with van der Waals surface area (Å²) in [6.45, 7) is 12.4. The molecule has 0 saturated carbocycles. The molecule has 18 heavy (non-hydrogen) atoms. The van der Waals surface area contributed by atoms with Gasteiger partial charge >= 0.3 is 0 Å². The highest BCUT2D eigenvalue weighted by atomic mass is 16.3. The summed E-state index contributed by atoms with van der Waals surface area (Å²) in [4.78, 5) is 0. The molecular weight excluding hydrogens is 222 g/mol. The number of aromatic hydroxyl groups is 1. The summed E-state index contributed by atoms with van der Waals surface area (Å²) in [6, 6.07) is 7.67. The van der Waals surface area contributed by atoms with Gasteiger partial charge in [-0.05, 0) is 49.0 Å². The predicted molar refractivity (Wildman–Crippen MR) is 80.2 cm³/mol. The fourth-order valence-electron chi connectivity index (χ4n) is 2.26. The molecule has 0 spiro atoms. The predicted octanol–water partition coefficient (Wildman–Crippen LogP) is 4.16. The number of nitrogens with one attached hydrogen (secondary N) is 1. The molecule has 2 rings (SSSR count). The van der Waals surface area contributed by atoms with E-state index in [2.05, 4.69) is 18.3 Å². The molecule has 1 aliphatic heterocycles. The van der Waals surface area contributed by atoms with E-state index in [-0.39, 0.29) is 0 Å². The fourth-order valence-corrected chi connectivity index (χ4v) is 2.26. The number of benzene rings is 1. The van der Waals surface area contributed by atoms with E-state index in [0.717, 1.165) is 13.1 Å². The summed E-state index contributed by atoms with van der Waals surface area (Å²) in [7, 11) is 0. The van der Waals surface area contributed by atoms with Crippen LogP contribution in [0.3, 0.4) is 0 Å². The van der Waals surface area contributed by atoms with Crippen LogP contribution < -0.4 is 5.32 Å². The minimum absolute atomic E-state index is 0.383. The van der Waals surface area contributed by atoms with Gasteiger partial charge < -0.3 is 10.4 Å². The van der Waals surface area contributed by atoms with Crippen LogP contribution in [-0.4, -0.2) is 18.2 Å². The van der Waals surface area contributed by atoms with Crippen molar-refractivity contribution in [1.29, 1.82) is 0 Å². The van der Waals surface area contributed by atoms with Gasteiger partial charge in [-0.25, -0.2) is 0 Å². The van der Waals surface area contributed by atoms with Gasteiger partial charge in [0, 0.05) is 0 Å². The van der Waals surface area contributed by atoms with Crippen LogP contribution in [0.15, 0.2) is 24.3 Å². The minimum Gasteiger partial charge on any atom is -0.508 e. The number of phenols is 1. The Labute approximate surface area is 112 Å². The van der Waals surface area contributed by atoms with E-state index >= 15 is 0 Å². The van der Waals surface area contributed by atoms with Gasteiger partial charge in [0.15, 0.2) is 0 Å². The Balaban J connectivity index is 0.000000659. The summed E-state index contributed by atoms with van der Waals surface area (Å²) in [5, 5.41) is 12.8. The van der Waals surface area contributed by atoms with Crippen molar-refractivity contribution in [3.05, 3.63) is 29.8 Å². The Hall–Kier alpha value is -1.02. The second-order valence-electron chi connectivity index (χ2n) is 4.17. The highest BCUT2D eigenvalue weighted by Crippen LogP contribution is 2.31. The van der Waals surface area contributed by atoms with Crippen LogP contribution in [0, 0.1) is 5.92 Å². The average molecular weight is 251 g/mol. The summed E-state index contributed by atoms with van der Waals surface area (Å²) >= 11 is 0. The van der Waals surface area contributed by atoms with E-state index in [1.54, 1.807) is 6.07 Å². The van der Waals surface area contributed by atoms with Crippen molar-refractivity contribution >= 4 is 0 Å². The second kappa shape index (κ2) is 9.95. The lowest BCUT2D eigenvalue weighted by Gasteiger charge is -2.29. The quantitative estimate of drug-likeness (QED) is 0.785. The van der Waals surface area contributed by atoms with Crippen LogP contribution in [0.4, 0.5) is 0 Å². The van der Waals surface area contributed by atoms with Crippen molar-refractivity contribution in [3.63, 3.8) is 0 Å². The second-order valence-corrected chi connectivity index (χ2v) is 4.17. The highest BCUT2D eigenvalue weighted by Gasteiger charge is 2.22. The molecule has 1 aromatic rings. The molecule has 1 aliphatic rings. The number of rotatable bonds is 1. The molecule has 0 radical (unpaired) electrons. The van der Waals surface area contributed by atoms with E-state index in [9.17, 15) is 5.11 Å². The van der Waals surface area contributed by atoms with Crippen molar-refractivity contribution in [2.75, 3.05) is 13.1 Å². The third kappa shape index (κ3) is 5.09. The highest BCUT2D eigenvalue weighted by molar-refractivity contribution is 5.30. The lowest BCUT2D eigenvalue weighted by atomic mass is 9.82. The standard InChI is InChI=1S/C12H17NO.2C2H6/c1-9-8-13-6-5-12(9)10-3-2-4-11(14)7-10;2*1-2/h2-4,7,9,12-14H,5-6,8H2,1H3;2*1-2H3. The van der Waals surface area contributed by atoms with Gasteiger partial charge in [-0.2, -0.15) is 0 Å². The molecule has 2 atom stereocenters.